The maximum absolute atomic E-state index is 7.23. The molecule has 4 aromatic heterocycles. The number of anilines is 6. The zero-order valence-corrected chi connectivity index (χ0v) is 68.3. The molecule has 0 fully saturated rings. The highest BCUT2D eigenvalue weighted by Gasteiger charge is 2.27. The number of rotatable bonds is 13. The lowest BCUT2D eigenvalue weighted by atomic mass is 9.93. The first-order chi connectivity index (χ1) is 62.5. The van der Waals surface area contributed by atoms with Gasteiger partial charge < -0.3 is 27.8 Å². The number of fused-ring (bicyclic) bond motifs is 22. The van der Waals surface area contributed by atoms with Gasteiger partial charge in [-0.2, -0.15) is 0 Å². The molecule has 0 N–H and O–H groups in total. The summed E-state index contributed by atoms with van der Waals surface area (Å²) < 4.78 is 19.0. The van der Waals surface area contributed by atoms with Crippen LogP contribution in [0.2, 0.25) is 0 Å². The lowest BCUT2D eigenvalue weighted by Crippen LogP contribution is -2.13. The molecule has 0 aliphatic rings. The first-order valence-electron chi connectivity index (χ1n) is 43.2. The smallest absolute Gasteiger partial charge is 0.143 e. The lowest BCUT2D eigenvalue weighted by molar-refractivity contribution is 0.672. The Morgan fingerprint density at radius 2 is 0.548 bits per heavy atom. The summed E-state index contributed by atoms with van der Waals surface area (Å²) in [6.07, 6.45) is 0. The Morgan fingerprint density at radius 1 is 0.175 bits per heavy atom. The van der Waals surface area contributed by atoms with Crippen molar-refractivity contribution in [1.82, 2.24) is 9.13 Å². The summed E-state index contributed by atoms with van der Waals surface area (Å²) in [5.41, 5.74) is 27.5. The van der Waals surface area contributed by atoms with Crippen molar-refractivity contribution in [3.05, 3.63) is 449 Å². The Kier molecular flexibility index (Phi) is 16.0. The van der Waals surface area contributed by atoms with Crippen molar-refractivity contribution in [2.75, 3.05) is 9.80 Å². The summed E-state index contributed by atoms with van der Waals surface area (Å²) in [7, 11) is 0. The second-order valence-electron chi connectivity index (χ2n) is 33.3. The maximum Gasteiger partial charge on any atom is 0.143 e. The number of furan rings is 2. The van der Waals surface area contributed by atoms with Gasteiger partial charge in [-0.1, -0.05) is 303 Å². The molecule has 4 heterocycles. The molecule has 0 saturated carbocycles. The van der Waals surface area contributed by atoms with Gasteiger partial charge in [-0.3, -0.25) is 0 Å². The van der Waals surface area contributed by atoms with Crippen LogP contribution in [-0.2, 0) is 0 Å². The van der Waals surface area contributed by atoms with Crippen LogP contribution in [0.3, 0.4) is 0 Å². The average Bonchev–Trinajstić information content (AvgIpc) is 1.55. The minimum atomic E-state index is 0.832. The van der Waals surface area contributed by atoms with E-state index in [0.717, 1.165) is 188 Å². The third-order valence-corrected chi connectivity index (χ3v) is 26.4. The number of aromatic nitrogens is 2. The van der Waals surface area contributed by atoms with Crippen LogP contribution in [-0.4, -0.2) is 9.13 Å². The molecule has 0 aliphatic carbocycles. The third-order valence-electron chi connectivity index (χ3n) is 26.4. The van der Waals surface area contributed by atoms with Gasteiger partial charge in [0.05, 0.1) is 44.8 Å². The van der Waals surface area contributed by atoms with Crippen molar-refractivity contribution < 1.29 is 8.83 Å². The molecule has 26 aromatic rings. The largest absolute Gasteiger partial charge is 0.455 e. The maximum atomic E-state index is 7.23. The predicted octanol–water partition coefficient (Wildman–Crippen LogP) is 33.9. The molecule has 0 saturated heterocycles. The molecule has 6 nitrogen and oxygen atoms in total. The monoisotopic (exact) mass is 1600 g/mol. The molecule has 0 bridgehead atoms. The Morgan fingerprint density at radius 3 is 1.14 bits per heavy atom. The molecule has 0 unspecified atom stereocenters. The quantitative estimate of drug-likeness (QED) is 0.108. The average molecular weight is 1600 g/mol. The Balaban J connectivity index is 0.586. The van der Waals surface area contributed by atoms with Crippen molar-refractivity contribution in [3.8, 4) is 67.0 Å². The van der Waals surface area contributed by atoms with E-state index < -0.39 is 0 Å². The molecule has 0 amide bonds. The highest BCUT2D eigenvalue weighted by molar-refractivity contribution is 6.23. The number of para-hydroxylation sites is 7. The van der Waals surface area contributed by atoms with Gasteiger partial charge in [-0.15, -0.1) is 0 Å². The van der Waals surface area contributed by atoms with Crippen molar-refractivity contribution >= 4 is 186 Å². The summed E-state index contributed by atoms with van der Waals surface area (Å²) in [6.45, 7) is 0. The normalized spacial score (nSPS) is 12.0. The molecular formula is C120H74N4O2. The van der Waals surface area contributed by atoms with E-state index in [4.69, 9.17) is 8.83 Å². The van der Waals surface area contributed by atoms with Gasteiger partial charge in [0, 0.05) is 76.6 Å². The fourth-order valence-electron chi connectivity index (χ4n) is 20.7. The highest BCUT2D eigenvalue weighted by atomic mass is 16.3. The van der Waals surface area contributed by atoms with Crippen LogP contribution in [0.5, 0.6) is 0 Å². The van der Waals surface area contributed by atoms with Gasteiger partial charge in [-0.25, -0.2) is 0 Å². The number of hydrogen-bond acceptors (Lipinski definition) is 4. The zero-order chi connectivity index (χ0) is 82.6. The fraction of sp³-hybridized carbons (Fsp3) is 0. The van der Waals surface area contributed by atoms with E-state index in [1.807, 2.05) is 0 Å². The van der Waals surface area contributed by atoms with Crippen LogP contribution < -0.4 is 9.80 Å². The van der Waals surface area contributed by atoms with E-state index in [1.54, 1.807) is 0 Å². The van der Waals surface area contributed by atoms with E-state index in [2.05, 4.69) is 468 Å². The van der Waals surface area contributed by atoms with Gasteiger partial charge in [0.1, 0.15) is 22.3 Å². The first-order valence-corrected chi connectivity index (χ1v) is 43.2. The van der Waals surface area contributed by atoms with E-state index in [0.29, 0.717) is 0 Å². The Labute approximate surface area is 725 Å². The van der Waals surface area contributed by atoms with Crippen LogP contribution in [0, 0.1) is 0 Å². The zero-order valence-electron chi connectivity index (χ0n) is 68.3. The molecule has 586 valence electrons. The summed E-state index contributed by atoms with van der Waals surface area (Å²) >= 11 is 0. The third kappa shape index (κ3) is 11.2. The molecule has 0 atom stereocenters. The second kappa shape index (κ2) is 28.4. The van der Waals surface area contributed by atoms with Gasteiger partial charge in [0.2, 0.25) is 0 Å². The van der Waals surface area contributed by atoms with Crippen molar-refractivity contribution in [3.63, 3.8) is 0 Å². The molecule has 6 heteroatoms. The summed E-state index contributed by atoms with van der Waals surface area (Å²) in [4.78, 5) is 4.88. The van der Waals surface area contributed by atoms with Crippen LogP contribution in [0.15, 0.2) is 458 Å². The van der Waals surface area contributed by atoms with E-state index in [9.17, 15) is 0 Å². The molecular weight excluding hydrogens is 1530 g/mol. The minimum absolute atomic E-state index is 0.832. The van der Waals surface area contributed by atoms with Gasteiger partial charge in [0.15, 0.2) is 0 Å². The number of nitrogens with zero attached hydrogens (tertiary/aromatic N) is 4. The lowest BCUT2D eigenvalue weighted by Gasteiger charge is -2.29. The van der Waals surface area contributed by atoms with Gasteiger partial charge in [0.25, 0.3) is 0 Å². The highest BCUT2D eigenvalue weighted by Crippen LogP contribution is 2.51. The summed E-state index contributed by atoms with van der Waals surface area (Å²) in [5, 5.41) is 23.4. The van der Waals surface area contributed by atoms with E-state index in [-0.39, 0.29) is 0 Å². The SMILES string of the molecule is c1cc(-c2cccc3oc4c5cc(-c6ccc7c(c6)c6ccccc6n7-c6ccccc6N(c6ccc(-c7cc8ccccc8c8ccccc78)cc6)c6cccc(-c7cccc8oc9c%10ccccc%10ccc9c78)c6)ccc5ccc4c23)cc(N(c2ccc(-c3ccc4c(ccc5ccccc54)c3)cc2)c2ccccc2-n2c3ccccc3c3ccccc32)c1. The summed E-state index contributed by atoms with van der Waals surface area (Å²) in [6, 6.07) is 165. The number of hydrogen-bond donors (Lipinski definition) is 0. The summed E-state index contributed by atoms with van der Waals surface area (Å²) in [5.74, 6) is 0. The second-order valence-corrected chi connectivity index (χ2v) is 33.3. The van der Waals surface area contributed by atoms with Gasteiger partial charge in [-0.05, 0) is 255 Å². The van der Waals surface area contributed by atoms with Crippen molar-refractivity contribution in [2.45, 2.75) is 0 Å². The standard InChI is InChI=1S/C120H74N4O2/c1-4-30-91-76(23-1)50-52-86-69-80(59-65-93(86)91)75-53-61-87(62-54-75)121(111-43-15-17-45-113(111)123-107-40-12-9-35-99(107)100-36-10-13-41-108(100)123)89-28-20-27-84(71-89)95-39-22-48-116-118(95)103-67-58-79-49-51-81(72-105(79)120(103)126-116)82-60-68-110-106(73-82)101-37-11-14-42-109(101)124(110)114-46-18-16-44-112(114)122(88-63-55-78(56-64-88)104-74-85-25-3-5-31-92(85)97-33-7-8-34-98(97)104)90-29-19-26-83(70-90)94-38-21-47-115-117(94)102-66-57-77-24-2-6-32-96(77)119(102)125-115/h1-74H. The van der Waals surface area contributed by atoms with E-state index >= 15 is 0 Å². The fourth-order valence-corrected chi connectivity index (χ4v) is 20.7. The topological polar surface area (TPSA) is 42.6 Å². The number of benzene rings is 22. The molecule has 26 rings (SSSR count). The molecule has 0 spiro atoms. The molecule has 0 radical (unpaired) electrons. The van der Waals surface area contributed by atoms with Gasteiger partial charge >= 0.3 is 0 Å². The van der Waals surface area contributed by atoms with Crippen LogP contribution in [0.1, 0.15) is 0 Å². The van der Waals surface area contributed by atoms with Crippen LogP contribution >= 0.6 is 0 Å². The van der Waals surface area contributed by atoms with Crippen molar-refractivity contribution in [2.24, 2.45) is 0 Å². The first kappa shape index (κ1) is 71.0. The molecule has 126 heavy (non-hydrogen) atoms. The molecule has 0 aliphatic heterocycles. The Hall–Kier alpha value is -16.8. The van der Waals surface area contributed by atoms with Crippen LogP contribution in [0.25, 0.3) is 219 Å². The van der Waals surface area contributed by atoms with E-state index in [1.165, 1.54) is 65.0 Å². The predicted molar refractivity (Wildman–Crippen MR) is 531 cm³/mol. The minimum Gasteiger partial charge on any atom is -0.455 e. The molecule has 22 aromatic carbocycles. The van der Waals surface area contributed by atoms with Crippen molar-refractivity contribution in [1.29, 1.82) is 0 Å². The van der Waals surface area contributed by atoms with Crippen LogP contribution in [0.4, 0.5) is 34.1 Å². The Bertz CT molecular complexity index is 8960.